The first-order valence-electron chi connectivity index (χ1n) is 6.85. The molecule has 3 rings (SSSR count). The first-order valence-corrected chi connectivity index (χ1v) is 6.85. The van der Waals surface area contributed by atoms with Crippen LogP contribution in [0.3, 0.4) is 0 Å². The zero-order valence-corrected chi connectivity index (χ0v) is 11.9. The number of aromatic nitrogens is 1. The summed E-state index contributed by atoms with van der Waals surface area (Å²) < 4.78 is 27.1. The molecule has 0 radical (unpaired) electrons. The van der Waals surface area contributed by atoms with E-state index < -0.39 is 17.5 Å². The Hall–Kier alpha value is -3.02. The fraction of sp³-hybridized carbons (Fsp3) is 0.111. The molecule has 0 bridgehead atoms. The van der Waals surface area contributed by atoms with Crippen molar-refractivity contribution in [2.24, 2.45) is 0 Å². The topological polar surface area (TPSA) is 62.2 Å². The fourth-order valence-corrected chi connectivity index (χ4v) is 2.28. The lowest BCUT2D eigenvalue weighted by Gasteiger charge is -2.09. The van der Waals surface area contributed by atoms with Crippen LogP contribution in [0.5, 0.6) is 5.75 Å². The number of phenols is 1. The van der Waals surface area contributed by atoms with Crippen molar-refractivity contribution in [1.82, 2.24) is 10.3 Å². The molecule has 1 aromatic heterocycles. The third kappa shape index (κ3) is 3.17. The second kappa shape index (κ2) is 7.04. The van der Waals surface area contributed by atoms with Crippen molar-refractivity contribution in [3.8, 4) is 5.75 Å². The predicted octanol–water partition coefficient (Wildman–Crippen LogP) is 3.78. The van der Waals surface area contributed by atoms with Crippen molar-refractivity contribution in [2.45, 2.75) is 14.0 Å². The monoisotopic (exact) mass is 330 g/mol. The molecule has 0 aliphatic rings. The van der Waals surface area contributed by atoms with E-state index in [1.54, 1.807) is 18.2 Å². The summed E-state index contributed by atoms with van der Waals surface area (Å²) in [7, 11) is 0. The first-order chi connectivity index (χ1) is 11.1. The van der Waals surface area contributed by atoms with Gasteiger partial charge in [0.05, 0.1) is 5.56 Å². The molecule has 24 heavy (non-hydrogen) atoms. The summed E-state index contributed by atoms with van der Waals surface area (Å²) in [5.41, 5.74) is 0.0458. The van der Waals surface area contributed by atoms with Gasteiger partial charge in [-0.25, -0.2) is 8.78 Å². The van der Waals surface area contributed by atoms with Crippen molar-refractivity contribution < 1.29 is 18.7 Å². The van der Waals surface area contributed by atoms with E-state index in [0.29, 0.717) is 5.39 Å². The Morgan fingerprint density at radius 2 is 1.79 bits per heavy atom. The number of amides is 1. The minimum Gasteiger partial charge on any atom is -0.505 e. The predicted molar refractivity (Wildman–Crippen MR) is 87.7 cm³/mol. The molecule has 0 saturated heterocycles. The molecule has 6 heteroatoms. The van der Waals surface area contributed by atoms with E-state index in [0.717, 1.165) is 12.1 Å². The zero-order chi connectivity index (χ0) is 16.4. The molecule has 1 amide bonds. The van der Waals surface area contributed by atoms with Gasteiger partial charge in [0, 0.05) is 23.7 Å². The molecule has 0 aliphatic carbocycles. The minimum absolute atomic E-state index is 0. The fourth-order valence-electron chi connectivity index (χ4n) is 2.28. The highest BCUT2D eigenvalue weighted by molar-refractivity contribution is 6.02. The van der Waals surface area contributed by atoms with Gasteiger partial charge in [-0.05, 0) is 24.3 Å². The number of rotatable bonds is 3. The van der Waals surface area contributed by atoms with Gasteiger partial charge in [-0.1, -0.05) is 25.6 Å². The summed E-state index contributed by atoms with van der Waals surface area (Å²) in [5, 5.41) is 13.2. The van der Waals surface area contributed by atoms with E-state index in [4.69, 9.17) is 0 Å². The SMILES string of the molecule is C.O=C(NCc1c(F)cccc1F)c1ccc2cccnc2c1O. The Balaban J connectivity index is 0.00000208. The molecule has 0 unspecified atom stereocenters. The van der Waals surface area contributed by atoms with E-state index in [9.17, 15) is 18.7 Å². The highest BCUT2D eigenvalue weighted by Crippen LogP contribution is 2.26. The van der Waals surface area contributed by atoms with Crippen molar-refractivity contribution in [2.75, 3.05) is 0 Å². The Morgan fingerprint density at radius 3 is 2.50 bits per heavy atom. The number of nitrogens with one attached hydrogen (secondary N) is 1. The summed E-state index contributed by atoms with van der Waals surface area (Å²) in [5.74, 6) is -2.39. The zero-order valence-electron chi connectivity index (χ0n) is 11.9. The second-order valence-electron chi connectivity index (χ2n) is 4.92. The van der Waals surface area contributed by atoms with Gasteiger partial charge in [0.25, 0.3) is 5.91 Å². The molecule has 2 N–H and O–H groups in total. The molecule has 0 fully saturated rings. The van der Waals surface area contributed by atoms with Crippen LogP contribution in [-0.2, 0) is 6.54 Å². The van der Waals surface area contributed by atoms with Crippen LogP contribution in [0, 0.1) is 11.6 Å². The number of hydrogen-bond donors (Lipinski definition) is 2. The number of halogens is 2. The smallest absolute Gasteiger partial charge is 0.255 e. The number of benzene rings is 2. The summed E-state index contributed by atoms with van der Waals surface area (Å²) in [4.78, 5) is 16.2. The average Bonchev–Trinajstić information content (AvgIpc) is 2.55. The summed E-state index contributed by atoms with van der Waals surface area (Å²) in [6, 6.07) is 10.0. The molecule has 124 valence electrons. The van der Waals surface area contributed by atoms with Crippen LogP contribution in [0.1, 0.15) is 23.3 Å². The minimum atomic E-state index is -0.741. The number of nitrogens with zero attached hydrogens (tertiary/aromatic N) is 1. The summed E-state index contributed by atoms with van der Waals surface area (Å²) in [6.07, 6.45) is 1.50. The van der Waals surface area contributed by atoms with E-state index in [1.165, 1.54) is 18.3 Å². The van der Waals surface area contributed by atoms with E-state index in [1.807, 2.05) is 0 Å². The summed E-state index contributed by atoms with van der Waals surface area (Å²) >= 11 is 0. The Kier molecular flexibility index (Phi) is 5.08. The van der Waals surface area contributed by atoms with Crippen molar-refractivity contribution in [3.05, 3.63) is 71.4 Å². The molecule has 2 aromatic carbocycles. The lowest BCUT2D eigenvalue weighted by Crippen LogP contribution is -2.24. The number of phenolic OH excluding ortho intramolecular Hbond substituents is 1. The average molecular weight is 330 g/mol. The first kappa shape index (κ1) is 17.3. The molecule has 3 aromatic rings. The molecule has 0 aliphatic heterocycles. The van der Waals surface area contributed by atoms with Gasteiger partial charge in [0.1, 0.15) is 17.2 Å². The van der Waals surface area contributed by atoms with Crippen molar-refractivity contribution >= 4 is 16.8 Å². The molecule has 4 nitrogen and oxygen atoms in total. The van der Waals surface area contributed by atoms with E-state index in [-0.39, 0.29) is 36.4 Å². The van der Waals surface area contributed by atoms with Gasteiger partial charge < -0.3 is 10.4 Å². The van der Waals surface area contributed by atoms with Crippen LogP contribution >= 0.6 is 0 Å². The number of carbonyl (C=O) groups is 1. The van der Waals surface area contributed by atoms with Gasteiger partial charge in [0.2, 0.25) is 0 Å². The van der Waals surface area contributed by atoms with Crippen LogP contribution in [0.25, 0.3) is 10.9 Å². The number of hydrogen-bond acceptors (Lipinski definition) is 3. The van der Waals surface area contributed by atoms with Crippen LogP contribution < -0.4 is 5.32 Å². The molecule has 1 heterocycles. The molecular weight excluding hydrogens is 314 g/mol. The van der Waals surface area contributed by atoms with Gasteiger partial charge in [-0.3, -0.25) is 9.78 Å². The third-order valence-corrected chi connectivity index (χ3v) is 3.48. The Labute approximate surface area is 137 Å². The number of aromatic hydroxyl groups is 1. The van der Waals surface area contributed by atoms with Gasteiger partial charge in [-0.2, -0.15) is 0 Å². The van der Waals surface area contributed by atoms with Crippen LogP contribution in [0.2, 0.25) is 0 Å². The van der Waals surface area contributed by atoms with Crippen LogP contribution in [0.15, 0.2) is 48.7 Å². The van der Waals surface area contributed by atoms with E-state index >= 15 is 0 Å². The maximum atomic E-state index is 13.5. The highest BCUT2D eigenvalue weighted by atomic mass is 19.1. The van der Waals surface area contributed by atoms with Gasteiger partial charge >= 0.3 is 0 Å². The van der Waals surface area contributed by atoms with Gasteiger partial charge in [0.15, 0.2) is 5.75 Å². The van der Waals surface area contributed by atoms with Crippen molar-refractivity contribution in [1.29, 1.82) is 0 Å². The van der Waals surface area contributed by atoms with Crippen LogP contribution in [0.4, 0.5) is 8.78 Å². The third-order valence-electron chi connectivity index (χ3n) is 3.48. The quantitative estimate of drug-likeness (QED) is 0.768. The number of carbonyl (C=O) groups excluding carboxylic acids is 1. The molecule has 0 spiro atoms. The summed E-state index contributed by atoms with van der Waals surface area (Å²) in [6.45, 7) is -0.322. The maximum absolute atomic E-state index is 13.5. The molecule has 0 saturated carbocycles. The highest BCUT2D eigenvalue weighted by Gasteiger charge is 2.16. The normalized spacial score (nSPS) is 10.2. The van der Waals surface area contributed by atoms with Gasteiger partial charge in [-0.15, -0.1) is 0 Å². The maximum Gasteiger partial charge on any atom is 0.255 e. The lowest BCUT2D eigenvalue weighted by atomic mass is 10.1. The number of fused-ring (bicyclic) bond motifs is 1. The Morgan fingerprint density at radius 1 is 1.08 bits per heavy atom. The standard InChI is InChI=1S/C17H12F2N2O2.CH4/c18-13-4-1-5-14(19)12(13)9-21-17(23)11-7-6-10-3-2-8-20-15(10)16(11)22;/h1-8,22H,9H2,(H,21,23);1H4. The number of pyridine rings is 1. The molecular formula is C18H16F2N2O2. The van der Waals surface area contributed by atoms with E-state index in [2.05, 4.69) is 10.3 Å². The lowest BCUT2D eigenvalue weighted by molar-refractivity contribution is 0.0948. The Bertz CT molecular complexity index is 877. The largest absolute Gasteiger partial charge is 0.505 e. The molecule has 0 atom stereocenters. The second-order valence-corrected chi connectivity index (χ2v) is 4.92. The van der Waals surface area contributed by atoms with Crippen LogP contribution in [-0.4, -0.2) is 16.0 Å². The van der Waals surface area contributed by atoms with Crippen molar-refractivity contribution in [3.63, 3.8) is 0 Å².